The van der Waals surface area contributed by atoms with Crippen LogP contribution in [0.3, 0.4) is 0 Å². The van der Waals surface area contributed by atoms with E-state index in [1.54, 1.807) is 14.2 Å². The SMILES string of the molecule is COc1ccc(OC)c(CC[C@@](O)(CN)[C@@H](N)Cc2ccccc2)c1. The smallest absolute Gasteiger partial charge is 0.122 e. The molecule has 0 fully saturated rings. The van der Waals surface area contributed by atoms with E-state index < -0.39 is 11.6 Å². The lowest BCUT2D eigenvalue weighted by Gasteiger charge is -2.33. The van der Waals surface area contributed by atoms with Crippen molar-refractivity contribution >= 4 is 0 Å². The van der Waals surface area contributed by atoms with Crippen LogP contribution in [0.5, 0.6) is 11.5 Å². The highest BCUT2D eigenvalue weighted by Gasteiger charge is 2.33. The topological polar surface area (TPSA) is 90.7 Å². The number of aliphatic hydroxyl groups is 1. The van der Waals surface area contributed by atoms with E-state index in [0.717, 1.165) is 22.6 Å². The van der Waals surface area contributed by atoms with Gasteiger partial charge in [-0.15, -0.1) is 0 Å². The van der Waals surface area contributed by atoms with Crippen LogP contribution in [0.15, 0.2) is 48.5 Å². The first-order chi connectivity index (χ1) is 12.0. The molecule has 5 nitrogen and oxygen atoms in total. The van der Waals surface area contributed by atoms with Crippen LogP contribution < -0.4 is 20.9 Å². The predicted molar refractivity (Wildman–Crippen MR) is 100.0 cm³/mol. The van der Waals surface area contributed by atoms with E-state index in [9.17, 15) is 5.11 Å². The zero-order valence-electron chi connectivity index (χ0n) is 14.9. The normalized spacial score (nSPS) is 14.6. The minimum Gasteiger partial charge on any atom is -0.497 e. The van der Waals surface area contributed by atoms with Crippen LogP contribution in [-0.2, 0) is 12.8 Å². The van der Waals surface area contributed by atoms with Crippen molar-refractivity contribution in [2.24, 2.45) is 11.5 Å². The van der Waals surface area contributed by atoms with Gasteiger partial charge in [0.15, 0.2) is 0 Å². The maximum atomic E-state index is 11.0. The third kappa shape index (κ3) is 4.95. The molecular formula is C20H28N2O3. The van der Waals surface area contributed by atoms with Crippen LogP contribution in [0.25, 0.3) is 0 Å². The van der Waals surface area contributed by atoms with Crippen LogP contribution in [0.1, 0.15) is 17.5 Å². The first kappa shape index (κ1) is 19.2. The van der Waals surface area contributed by atoms with E-state index in [4.69, 9.17) is 20.9 Å². The van der Waals surface area contributed by atoms with Gasteiger partial charge in [0.1, 0.15) is 11.5 Å². The van der Waals surface area contributed by atoms with Gasteiger partial charge in [-0.2, -0.15) is 0 Å². The van der Waals surface area contributed by atoms with Crippen LogP contribution in [0, 0.1) is 0 Å². The van der Waals surface area contributed by atoms with Crippen molar-refractivity contribution in [2.45, 2.75) is 30.9 Å². The van der Waals surface area contributed by atoms with Crippen molar-refractivity contribution in [1.82, 2.24) is 0 Å². The molecule has 0 radical (unpaired) electrons. The van der Waals surface area contributed by atoms with Crippen LogP contribution in [0.4, 0.5) is 0 Å². The average Bonchev–Trinajstić information content (AvgIpc) is 2.66. The second kappa shape index (κ2) is 8.85. The number of methoxy groups -OCH3 is 2. The van der Waals surface area contributed by atoms with E-state index in [-0.39, 0.29) is 6.54 Å². The molecule has 2 rings (SSSR count). The van der Waals surface area contributed by atoms with Crippen LogP contribution >= 0.6 is 0 Å². The highest BCUT2D eigenvalue weighted by Crippen LogP contribution is 2.28. The van der Waals surface area contributed by atoms with E-state index >= 15 is 0 Å². The Morgan fingerprint density at radius 1 is 1.08 bits per heavy atom. The summed E-state index contributed by atoms with van der Waals surface area (Å²) in [6, 6.07) is 15.1. The second-order valence-electron chi connectivity index (χ2n) is 6.28. The van der Waals surface area contributed by atoms with Crippen molar-refractivity contribution in [3.05, 3.63) is 59.7 Å². The molecule has 0 aliphatic rings. The number of ether oxygens (including phenoxy) is 2. The molecule has 0 unspecified atom stereocenters. The minimum atomic E-state index is -1.15. The number of nitrogens with two attached hydrogens (primary N) is 2. The molecule has 2 aromatic rings. The molecule has 0 bridgehead atoms. The van der Waals surface area contributed by atoms with Gasteiger partial charge in [0.05, 0.1) is 19.8 Å². The van der Waals surface area contributed by atoms with E-state index in [1.165, 1.54) is 0 Å². The molecule has 0 amide bonds. The highest BCUT2D eigenvalue weighted by molar-refractivity contribution is 5.40. The molecule has 2 atom stereocenters. The summed E-state index contributed by atoms with van der Waals surface area (Å²) in [4.78, 5) is 0. The molecule has 0 spiro atoms. The standard InChI is InChI=1S/C20H28N2O3/c1-24-17-8-9-18(25-2)16(13-17)10-11-20(23,14-21)19(22)12-15-6-4-3-5-7-15/h3-9,13,19,23H,10-12,14,21-22H2,1-2H3/t19-,20+/m0/s1. The predicted octanol–water partition coefficient (Wildman–Crippen LogP) is 1.90. The number of hydrogen-bond acceptors (Lipinski definition) is 5. The third-order valence-electron chi connectivity index (χ3n) is 4.66. The van der Waals surface area contributed by atoms with E-state index in [2.05, 4.69) is 0 Å². The Balaban J connectivity index is 2.10. The van der Waals surface area contributed by atoms with Crippen LogP contribution in [-0.4, -0.2) is 37.5 Å². The summed E-state index contributed by atoms with van der Waals surface area (Å²) in [6.07, 6.45) is 1.61. The van der Waals surface area contributed by atoms with Crippen molar-refractivity contribution in [1.29, 1.82) is 0 Å². The molecular weight excluding hydrogens is 316 g/mol. The summed E-state index contributed by atoms with van der Waals surface area (Å²) < 4.78 is 10.7. The van der Waals surface area contributed by atoms with E-state index in [1.807, 2.05) is 48.5 Å². The average molecular weight is 344 g/mol. The van der Waals surface area contributed by atoms with Crippen molar-refractivity contribution < 1.29 is 14.6 Å². The Kier molecular flexibility index (Phi) is 6.82. The third-order valence-corrected chi connectivity index (χ3v) is 4.66. The molecule has 0 aliphatic carbocycles. The summed E-state index contributed by atoms with van der Waals surface area (Å²) in [5.41, 5.74) is 13.1. The van der Waals surface area contributed by atoms with Gasteiger partial charge in [0.25, 0.3) is 0 Å². The fourth-order valence-corrected chi connectivity index (χ4v) is 2.93. The van der Waals surface area contributed by atoms with Crippen molar-refractivity contribution in [2.75, 3.05) is 20.8 Å². The molecule has 0 heterocycles. The number of aryl methyl sites for hydroxylation is 1. The zero-order valence-corrected chi connectivity index (χ0v) is 14.9. The van der Waals surface area contributed by atoms with Gasteiger partial charge in [0.2, 0.25) is 0 Å². The summed E-state index contributed by atoms with van der Waals surface area (Å²) in [6.45, 7) is 0.104. The lowest BCUT2D eigenvalue weighted by molar-refractivity contribution is 0.0145. The molecule has 136 valence electrons. The molecule has 0 saturated heterocycles. The molecule has 2 aromatic carbocycles. The first-order valence-corrected chi connectivity index (χ1v) is 8.45. The zero-order chi connectivity index (χ0) is 18.3. The summed E-state index contributed by atoms with van der Waals surface area (Å²) >= 11 is 0. The lowest BCUT2D eigenvalue weighted by Crippen LogP contribution is -2.54. The number of benzene rings is 2. The van der Waals surface area contributed by atoms with Gasteiger partial charge < -0.3 is 26.0 Å². The quantitative estimate of drug-likeness (QED) is 0.646. The fraction of sp³-hybridized carbons (Fsp3) is 0.400. The Bertz CT molecular complexity index is 663. The monoisotopic (exact) mass is 344 g/mol. The van der Waals surface area contributed by atoms with Crippen molar-refractivity contribution in [3.63, 3.8) is 0 Å². The molecule has 0 aliphatic heterocycles. The maximum Gasteiger partial charge on any atom is 0.122 e. The number of hydrogen-bond donors (Lipinski definition) is 3. The van der Waals surface area contributed by atoms with Gasteiger partial charge >= 0.3 is 0 Å². The summed E-state index contributed by atoms with van der Waals surface area (Å²) in [5, 5.41) is 11.0. The largest absolute Gasteiger partial charge is 0.497 e. The Morgan fingerprint density at radius 3 is 2.40 bits per heavy atom. The summed E-state index contributed by atoms with van der Waals surface area (Å²) in [7, 11) is 3.25. The van der Waals surface area contributed by atoms with Crippen molar-refractivity contribution in [3.8, 4) is 11.5 Å². The van der Waals surface area contributed by atoms with Gasteiger partial charge in [0, 0.05) is 12.6 Å². The minimum absolute atomic E-state index is 0.104. The van der Waals surface area contributed by atoms with Crippen LogP contribution in [0.2, 0.25) is 0 Å². The highest BCUT2D eigenvalue weighted by atomic mass is 16.5. The van der Waals surface area contributed by atoms with Gasteiger partial charge in [-0.1, -0.05) is 30.3 Å². The van der Waals surface area contributed by atoms with Gasteiger partial charge in [-0.25, -0.2) is 0 Å². The first-order valence-electron chi connectivity index (χ1n) is 8.45. The second-order valence-corrected chi connectivity index (χ2v) is 6.28. The molecule has 5 N–H and O–H groups in total. The van der Waals surface area contributed by atoms with Gasteiger partial charge in [-0.3, -0.25) is 0 Å². The summed E-state index contributed by atoms with van der Waals surface area (Å²) in [5.74, 6) is 1.51. The lowest BCUT2D eigenvalue weighted by atomic mass is 9.84. The maximum absolute atomic E-state index is 11.0. The van der Waals surface area contributed by atoms with E-state index in [0.29, 0.717) is 19.3 Å². The fourth-order valence-electron chi connectivity index (χ4n) is 2.93. The molecule has 0 aromatic heterocycles. The Morgan fingerprint density at radius 2 is 1.80 bits per heavy atom. The molecule has 5 heteroatoms. The van der Waals surface area contributed by atoms with Gasteiger partial charge in [-0.05, 0) is 48.6 Å². The number of rotatable bonds is 9. The Labute approximate surface area is 149 Å². The molecule has 0 saturated carbocycles. The Hall–Kier alpha value is -2.08. The molecule has 25 heavy (non-hydrogen) atoms.